The molecule has 0 aromatic carbocycles. The molecule has 0 saturated heterocycles. The van der Waals surface area contributed by atoms with Crippen LogP contribution < -0.4 is 5.32 Å². The molecule has 3 N–H and O–H groups in total. The largest absolute Gasteiger partial charge is 0.478 e. The lowest BCUT2D eigenvalue weighted by Crippen LogP contribution is -2.29. The summed E-state index contributed by atoms with van der Waals surface area (Å²) in [5.74, 6) is -0.894. The third kappa shape index (κ3) is 6.62. The third-order valence-corrected chi connectivity index (χ3v) is 1.91. The number of hydrogen-bond acceptors (Lipinski definition) is 3. The zero-order chi connectivity index (χ0) is 11.1. The summed E-state index contributed by atoms with van der Waals surface area (Å²) in [7, 11) is 0. The molecule has 0 aromatic rings. The number of aliphatic hydroxyl groups is 1. The van der Waals surface area contributed by atoms with E-state index in [1.807, 2.05) is 6.92 Å². The number of hydrogen-bond donors (Lipinski definition) is 3. The van der Waals surface area contributed by atoms with Crippen LogP contribution in [0.4, 0.5) is 0 Å². The normalized spacial score (nSPS) is 16.4. The first-order chi connectivity index (χ1) is 6.43. The second-order valence-corrected chi connectivity index (χ2v) is 3.59. The Morgan fingerprint density at radius 1 is 1.50 bits per heavy atom. The number of carbonyl (C=O) groups is 1. The average molecular weight is 201 g/mol. The standard InChI is InChI=1S/C10H19NO3/c1-7(10(13)14)4-5-11-8(2)6-9(3)12/h4,8-9,11-12H,5-6H2,1-3H3,(H,13,14)/b7-4-. The van der Waals surface area contributed by atoms with E-state index in [2.05, 4.69) is 5.32 Å². The molecule has 14 heavy (non-hydrogen) atoms. The lowest BCUT2D eigenvalue weighted by atomic mass is 10.1. The Morgan fingerprint density at radius 3 is 2.50 bits per heavy atom. The van der Waals surface area contributed by atoms with Crippen molar-refractivity contribution in [2.75, 3.05) is 6.54 Å². The molecule has 0 heterocycles. The Bertz CT molecular complexity index is 211. The van der Waals surface area contributed by atoms with Gasteiger partial charge in [0.05, 0.1) is 6.10 Å². The molecule has 0 saturated carbocycles. The van der Waals surface area contributed by atoms with Gasteiger partial charge in [0.1, 0.15) is 0 Å². The van der Waals surface area contributed by atoms with E-state index in [9.17, 15) is 4.79 Å². The van der Waals surface area contributed by atoms with Gasteiger partial charge in [-0.25, -0.2) is 4.79 Å². The predicted octanol–water partition coefficient (Wildman–Crippen LogP) is 0.766. The summed E-state index contributed by atoms with van der Waals surface area (Å²) in [6, 6.07) is 0.188. The summed E-state index contributed by atoms with van der Waals surface area (Å²) in [6.07, 6.45) is 1.96. The maximum absolute atomic E-state index is 10.4. The van der Waals surface area contributed by atoms with Gasteiger partial charge in [-0.2, -0.15) is 0 Å². The first kappa shape index (κ1) is 13.1. The van der Waals surface area contributed by atoms with E-state index in [0.29, 0.717) is 18.5 Å². The van der Waals surface area contributed by atoms with Crippen molar-refractivity contribution in [2.45, 2.75) is 39.3 Å². The van der Waals surface area contributed by atoms with Crippen LogP contribution in [0.5, 0.6) is 0 Å². The number of nitrogens with one attached hydrogen (secondary N) is 1. The average Bonchev–Trinajstić information content (AvgIpc) is 2.02. The maximum atomic E-state index is 10.4. The number of aliphatic carboxylic acids is 1. The molecule has 0 aliphatic heterocycles. The molecule has 0 amide bonds. The molecule has 0 aliphatic rings. The van der Waals surface area contributed by atoms with E-state index < -0.39 is 5.97 Å². The van der Waals surface area contributed by atoms with Gasteiger partial charge in [-0.05, 0) is 27.2 Å². The van der Waals surface area contributed by atoms with Gasteiger partial charge >= 0.3 is 5.97 Å². The highest BCUT2D eigenvalue weighted by atomic mass is 16.4. The summed E-state index contributed by atoms with van der Waals surface area (Å²) in [5, 5.41) is 20.7. The summed E-state index contributed by atoms with van der Waals surface area (Å²) >= 11 is 0. The minimum absolute atomic E-state index is 0.188. The van der Waals surface area contributed by atoms with E-state index in [4.69, 9.17) is 10.2 Å². The SMILES string of the molecule is C/C(=C/CNC(C)CC(C)O)C(=O)O. The summed E-state index contributed by atoms with van der Waals surface area (Å²) < 4.78 is 0. The molecule has 0 radical (unpaired) electrons. The van der Waals surface area contributed by atoms with Crippen LogP contribution in [0.3, 0.4) is 0 Å². The van der Waals surface area contributed by atoms with Crippen LogP contribution in [-0.2, 0) is 4.79 Å². The molecule has 0 aliphatic carbocycles. The summed E-state index contributed by atoms with van der Waals surface area (Å²) in [4.78, 5) is 10.4. The highest BCUT2D eigenvalue weighted by Crippen LogP contribution is 1.96. The second kappa shape index (κ2) is 6.56. The molecule has 4 heteroatoms. The van der Waals surface area contributed by atoms with Gasteiger partial charge in [-0.3, -0.25) is 0 Å². The number of carboxylic acid groups (broad SMARTS) is 1. The van der Waals surface area contributed by atoms with Gasteiger partial charge in [0.15, 0.2) is 0 Å². The van der Waals surface area contributed by atoms with Crippen molar-refractivity contribution in [2.24, 2.45) is 0 Å². The Hall–Kier alpha value is -0.870. The van der Waals surface area contributed by atoms with Gasteiger partial charge in [0, 0.05) is 18.2 Å². The van der Waals surface area contributed by atoms with Crippen LogP contribution in [0.15, 0.2) is 11.6 Å². The Morgan fingerprint density at radius 2 is 2.07 bits per heavy atom. The minimum atomic E-state index is -0.894. The van der Waals surface area contributed by atoms with Crippen molar-refractivity contribution in [1.29, 1.82) is 0 Å². The second-order valence-electron chi connectivity index (χ2n) is 3.59. The van der Waals surface area contributed by atoms with E-state index in [0.717, 1.165) is 0 Å². The number of aliphatic hydroxyl groups excluding tert-OH is 1. The summed E-state index contributed by atoms with van der Waals surface area (Å²) in [5.41, 5.74) is 0.335. The Balaban J connectivity index is 3.73. The molecule has 4 nitrogen and oxygen atoms in total. The van der Waals surface area contributed by atoms with Crippen molar-refractivity contribution in [3.63, 3.8) is 0 Å². The van der Waals surface area contributed by atoms with Gasteiger partial charge in [0.2, 0.25) is 0 Å². The highest BCUT2D eigenvalue weighted by Gasteiger charge is 2.04. The van der Waals surface area contributed by atoms with Crippen LogP contribution in [0.25, 0.3) is 0 Å². The molecule has 0 fully saturated rings. The topological polar surface area (TPSA) is 69.6 Å². The van der Waals surface area contributed by atoms with Gasteiger partial charge < -0.3 is 15.5 Å². The van der Waals surface area contributed by atoms with Crippen molar-refractivity contribution < 1.29 is 15.0 Å². The van der Waals surface area contributed by atoms with E-state index in [1.54, 1.807) is 19.9 Å². The molecule has 2 unspecified atom stereocenters. The van der Waals surface area contributed by atoms with Gasteiger partial charge in [0.25, 0.3) is 0 Å². The minimum Gasteiger partial charge on any atom is -0.478 e. The van der Waals surface area contributed by atoms with E-state index >= 15 is 0 Å². The van der Waals surface area contributed by atoms with E-state index in [1.165, 1.54) is 0 Å². The molecular weight excluding hydrogens is 182 g/mol. The van der Waals surface area contributed by atoms with Crippen LogP contribution in [0, 0.1) is 0 Å². The quantitative estimate of drug-likeness (QED) is 0.555. The van der Waals surface area contributed by atoms with Crippen LogP contribution in [0.2, 0.25) is 0 Å². The Kier molecular flexibility index (Phi) is 6.16. The fourth-order valence-electron chi connectivity index (χ4n) is 1.10. The highest BCUT2D eigenvalue weighted by molar-refractivity contribution is 5.85. The molecule has 0 aromatic heterocycles. The zero-order valence-electron chi connectivity index (χ0n) is 8.95. The fraction of sp³-hybridized carbons (Fsp3) is 0.700. The summed E-state index contributed by atoms with van der Waals surface area (Å²) in [6.45, 7) is 5.77. The first-order valence-electron chi connectivity index (χ1n) is 4.75. The number of rotatable bonds is 6. The number of carboxylic acids is 1. The lowest BCUT2D eigenvalue weighted by molar-refractivity contribution is -0.132. The molecule has 0 rings (SSSR count). The van der Waals surface area contributed by atoms with Crippen LogP contribution in [-0.4, -0.2) is 34.9 Å². The fourth-order valence-corrected chi connectivity index (χ4v) is 1.10. The van der Waals surface area contributed by atoms with Crippen LogP contribution in [0.1, 0.15) is 27.2 Å². The molecule has 82 valence electrons. The predicted molar refractivity (Wildman–Crippen MR) is 55.2 cm³/mol. The Labute approximate surface area is 84.6 Å². The van der Waals surface area contributed by atoms with Crippen molar-refractivity contribution in [3.05, 3.63) is 11.6 Å². The van der Waals surface area contributed by atoms with Gasteiger partial charge in [-0.15, -0.1) is 0 Å². The molecule has 0 bridgehead atoms. The molecular formula is C10H19NO3. The molecule has 2 atom stereocenters. The lowest BCUT2D eigenvalue weighted by Gasteiger charge is -2.13. The van der Waals surface area contributed by atoms with Crippen molar-refractivity contribution in [3.8, 4) is 0 Å². The maximum Gasteiger partial charge on any atom is 0.330 e. The van der Waals surface area contributed by atoms with E-state index in [-0.39, 0.29) is 12.1 Å². The third-order valence-electron chi connectivity index (χ3n) is 1.91. The first-order valence-corrected chi connectivity index (χ1v) is 4.75. The monoisotopic (exact) mass is 201 g/mol. The van der Waals surface area contributed by atoms with Crippen molar-refractivity contribution in [1.82, 2.24) is 5.32 Å². The van der Waals surface area contributed by atoms with Crippen LogP contribution >= 0.6 is 0 Å². The van der Waals surface area contributed by atoms with Crippen molar-refractivity contribution >= 4 is 5.97 Å². The zero-order valence-corrected chi connectivity index (χ0v) is 8.95. The molecule has 0 spiro atoms. The van der Waals surface area contributed by atoms with Gasteiger partial charge in [-0.1, -0.05) is 6.08 Å². The smallest absolute Gasteiger partial charge is 0.330 e.